The Hall–Kier alpha value is -1.30. The smallest absolute Gasteiger partial charge is 0.409 e. The van der Waals surface area contributed by atoms with E-state index in [4.69, 9.17) is 4.74 Å². The van der Waals surface area contributed by atoms with Crippen LogP contribution in [0.1, 0.15) is 39.5 Å². The minimum absolute atomic E-state index is 0.0863. The minimum atomic E-state index is -0.249. The van der Waals surface area contributed by atoms with Gasteiger partial charge in [0.05, 0.1) is 6.61 Å². The van der Waals surface area contributed by atoms with Crippen LogP contribution in [-0.4, -0.2) is 55.7 Å². The Morgan fingerprint density at radius 3 is 2.50 bits per heavy atom. The van der Waals surface area contributed by atoms with Crippen molar-refractivity contribution < 1.29 is 14.3 Å². The Morgan fingerprint density at radius 1 is 1.20 bits per heavy atom. The molecule has 6 nitrogen and oxygen atoms in total. The van der Waals surface area contributed by atoms with Crippen molar-refractivity contribution >= 4 is 12.0 Å². The van der Waals surface area contributed by atoms with Gasteiger partial charge in [0, 0.05) is 32.1 Å². The van der Waals surface area contributed by atoms with Crippen molar-refractivity contribution in [3.8, 4) is 0 Å². The lowest BCUT2D eigenvalue weighted by Crippen LogP contribution is -2.47. The zero-order valence-corrected chi connectivity index (χ0v) is 12.6. The van der Waals surface area contributed by atoms with Crippen molar-refractivity contribution in [2.75, 3.05) is 32.8 Å². The van der Waals surface area contributed by atoms with E-state index in [0.29, 0.717) is 26.1 Å². The highest BCUT2D eigenvalue weighted by molar-refractivity contribution is 5.76. The van der Waals surface area contributed by atoms with Gasteiger partial charge in [-0.05, 0) is 32.7 Å². The summed E-state index contributed by atoms with van der Waals surface area (Å²) in [4.78, 5) is 25.0. The summed E-state index contributed by atoms with van der Waals surface area (Å²) in [5, 5.41) is 6.24. The number of likely N-dealkylation sites (tertiary alicyclic amines) is 1. The molecule has 1 aliphatic heterocycles. The number of hydrogen-bond acceptors (Lipinski definition) is 4. The van der Waals surface area contributed by atoms with E-state index in [1.807, 2.05) is 0 Å². The Bertz CT molecular complexity index is 302. The van der Waals surface area contributed by atoms with Gasteiger partial charge in [0.2, 0.25) is 5.91 Å². The first kappa shape index (κ1) is 16.8. The average molecular weight is 285 g/mol. The molecule has 1 heterocycles. The normalized spacial score (nSPS) is 16.0. The summed E-state index contributed by atoms with van der Waals surface area (Å²) in [6.45, 7) is 7.28. The monoisotopic (exact) mass is 285 g/mol. The molecule has 0 unspecified atom stereocenters. The topological polar surface area (TPSA) is 70.7 Å². The third kappa shape index (κ3) is 6.23. The molecule has 1 fully saturated rings. The van der Waals surface area contributed by atoms with Gasteiger partial charge in [-0.2, -0.15) is 0 Å². The van der Waals surface area contributed by atoms with E-state index in [9.17, 15) is 9.59 Å². The maximum atomic E-state index is 11.7. The van der Waals surface area contributed by atoms with Crippen LogP contribution in [0.15, 0.2) is 0 Å². The van der Waals surface area contributed by atoms with Crippen LogP contribution in [-0.2, 0) is 9.53 Å². The second kappa shape index (κ2) is 9.58. The summed E-state index contributed by atoms with van der Waals surface area (Å²) in [5.74, 6) is 0.0863. The summed E-state index contributed by atoms with van der Waals surface area (Å²) in [5.41, 5.74) is 0. The van der Waals surface area contributed by atoms with Gasteiger partial charge < -0.3 is 20.3 Å². The van der Waals surface area contributed by atoms with Gasteiger partial charge >= 0.3 is 6.09 Å². The standard InChI is InChI=1S/C14H27N3O3/c1-3-8-15-9-5-13(18)16-12-6-10-17(11-7-12)14(19)20-4-2/h12,15H,3-11H2,1-2H3,(H,16,18). The van der Waals surface area contributed by atoms with Gasteiger partial charge in [-0.25, -0.2) is 4.79 Å². The molecule has 0 aromatic heterocycles. The molecule has 0 aliphatic carbocycles. The summed E-state index contributed by atoms with van der Waals surface area (Å²) in [6, 6.07) is 0.180. The number of nitrogens with one attached hydrogen (secondary N) is 2. The number of carbonyl (C=O) groups is 2. The van der Waals surface area contributed by atoms with Crippen LogP contribution in [0, 0.1) is 0 Å². The predicted octanol–water partition coefficient (Wildman–Crippen LogP) is 1.11. The second-order valence-electron chi connectivity index (χ2n) is 5.03. The Balaban J connectivity index is 2.15. The van der Waals surface area contributed by atoms with Crippen LogP contribution in [0.4, 0.5) is 4.79 Å². The maximum absolute atomic E-state index is 11.7. The summed E-state index contributed by atoms with van der Waals surface area (Å²) < 4.78 is 4.97. The molecule has 1 aliphatic rings. The van der Waals surface area contributed by atoms with Crippen LogP contribution in [0.5, 0.6) is 0 Å². The molecule has 2 amide bonds. The van der Waals surface area contributed by atoms with E-state index < -0.39 is 0 Å². The van der Waals surface area contributed by atoms with Crippen LogP contribution < -0.4 is 10.6 Å². The third-order valence-electron chi connectivity index (χ3n) is 3.34. The molecule has 0 saturated carbocycles. The fourth-order valence-electron chi connectivity index (χ4n) is 2.22. The molecule has 1 saturated heterocycles. The van der Waals surface area contributed by atoms with Gasteiger partial charge in [0.1, 0.15) is 0 Å². The number of carbonyl (C=O) groups excluding carboxylic acids is 2. The van der Waals surface area contributed by atoms with Crippen LogP contribution in [0.25, 0.3) is 0 Å². The van der Waals surface area contributed by atoms with Gasteiger partial charge in [-0.3, -0.25) is 4.79 Å². The summed E-state index contributed by atoms with van der Waals surface area (Å²) >= 11 is 0. The van der Waals surface area contributed by atoms with Gasteiger partial charge in [0.15, 0.2) is 0 Å². The average Bonchev–Trinajstić information content (AvgIpc) is 2.45. The van der Waals surface area contributed by atoms with Crippen molar-refractivity contribution in [3.05, 3.63) is 0 Å². The molecule has 6 heteroatoms. The summed E-state index contributed by atoms with van der Waals surface area (Å²) in [6.07, 6.45) is 2.94. The van der Waals surface area contributed by atoms with Crippen molar-refractivity contribution in [1.29, 1.82) is 0 Å². The molecule has 0 atom stereocenters. The van der Waals surface area contributed by atoms with E-state index >= 15 is 0 Å². The molecular weight excluding hydrogens is 258 g/mol. The molecule has 2 N–H and O–H groups in total. The zero-order chi connectivity index (χ0) is 14.8. The number of ether oxygens (including phenoxy) is 1. The van der Waals surface area contributed by atoms with Crippen molar-refractivity contribution in [3.63, 3.8) is 0 Å². The second-order valence-corrected chi connectivity index (χ2v) is 5.03. The lowest BCUT2D eigenvalue weighted by atomic mass is 10.1. The quantitative estimate of drug-likeness (QED) is 0.688. The fourth-order valence-corrected chi connectivity index (χ4v) is 2.22. The van der Waals surface area contributed by atoms with E-state index in [0.717, 1.165) is 32.4 Å². The molecule has 116 valence electrons. The van der Waals surface area contributed by atoms with E-state index in [1.165, 1.54) is 0 Å². The molecule has 0 radical (unpaired) electrons. The molecule has 0 aromatic carbocycles. The number of hydrogen-bond donors (Lipinski definition) is 2. The first-order chi connectivity index (χ1) is 9.67. The van der Waals surface area contributed by atoms with E-state index in [-0.39, 0.29) is 18.0 Å². The number of amides is 2. The van der Waals surface area contributed by atoms with Crippen molar-refractivity contribution in [2.24, 2.45) is 0 Å². The number of rotatable bonds is 7. The van der Waals surface area contributed by atoms with Gasteiger partial charge in [-0.1, -0.05) is 6.92 Å². The summed E-state index contributed by atoms with van der Waals surface area (Å²) in [7, 11) is 0. The van der Waals surface area contributed by atoms with E-state index in [1.54, 1.807) is 11.8 Å². The first-order valence-electron chi connectivity index (χ1n) is 7.59. The highest BCUT2D eigenvalue weighted by Gasteiger charge is 2.24. The van der Waals surface area contributed by atoms with Gasteiger partial charge in [0.25, 0.3) is 0 Å². The molecule has 0 spiro atoms. The zero-order valence-electron chi connectivity index (χ0n) is 12.6. The number of nitrogens with zero attached hydrogens (tertiary/aromatic N) is 1. The van der Waals surface area contributed by atoms with Crippen molar-refractivity contribution in [1.82, 2.24) is 15.5 Å². The number of piperidine rings is 1. The predicted molar refractivity (Wildman–Crippen MR) is 77.5 cm³/mol. The molecule has 20 heavy (non-hydrogen) atoms. The molecule has 0 bridgehead atoms. The fraction of sp³-hybridized carbons (Fsp3) is 0.857. The van der Waals surface area contributed by atoms with Crippen LogP contribution >= 0.6 is 0 Å². The Labute approximate surface area is 121 Å². The lowest BCUT2D eigenvalue weighted by molar-refractivity contribution is -0.121. The minimum Gasteiger partial charge on any atom is -0.450 e. The van der Waals surface area contributed by atoms with Crippen LogP contribution in [0.2, 0.25) is 0 Å². The third-order valence-corrected chi connectivity index (χ3v) is 3.34. The van der Waals surface area contributed by atoms with E-state index in [2.05, 4.69) is 17.6 Å². The Morgan fingerprint density at radius 2 is 1.90 bits per heavy atom. The molecule has 1 rings (SSSR count). The lowest BCUT2D eigenvalue weighted by Gasteiger charge is -2.31. The maximum Gasteiger partial charge on any atom is 0.409 e. The first-order valence-corrected chi connectivity index (χ1v) is 7.59. The largest absolute Gasteiger partial charge is 0.450 e. The van der Waals surface area contributed by atoms with Crippen molar-refractivity contribution in [2.45, 2.75) is 45.6 Å². The van der Waals surface area contributed by atoms with Gasteiger partial charge in [-0.15, -0.1) is 0 Å². The molecule has 0 aromatic rings. The van der Waals surface area contributed by atoms with Crippen LogP contribution in [0.3, 0.4) is 0 Å². The SMILES string of the molecule is CCCNCCC(=O)NC1CCN(C(=O)OCC)CC1. The Kier molecular flexibility index (Phi) is 8.02. The highest BCUT2D eigenvalue weighted by atomic mass is 16.6. The molecular formula is C14H27N3O3. The highest BCUT2D eigenvalue weighted by Crippen LogP contribution is 2.11.